The maximum atomic E-state index is 13.2. The van der Waals surface area contributed by atoms with Crippen LogP contribution in [-0.2, 0) is 10.1 Å². The topological polar surface area (TPSA) is 212 Å². The molecule has 3 aromatic rings. The second-order valence-corrected chi connectivity index (χ2v) is 12.0. The highest BCUT2D eigenvalue weighted by molar-refractivity contribution is 7.85. The summed E-state index contributed by atoms with van der Waals surface area (Å²) in [7, 11) is -3.67. The Bertz CT molecular complexity index is 1570. The molecule has 0 heterocycles. The Kier molecular flexibility index (Phi) is 11.1. The Morgan fingerprint density at radius 1 is 0.857 bits per heavy atom. The summed E-state index contributed by atoms with van der Waals surface area (Å²) >= 11 is 0. The highest BCUT2D eigenvalue weighted by Crippen LogP contribution is 2.29. The Balaban J connectivity index is 0.00000113. The maximum absolute atomic E-state index is 13.2. The van der Waals surface area contributed by atoms with E-state index in [1.54, 1.807) is 66.1 Å². The van der Waals surface area contributed by atoms with Crippen molar-refractivity contribution in [2.24, 2.45) is 11.1 Å². The second-order valence-electron chi connectivity index (χ2n) is 10.5. The lowest BCUT2D eigenvalue weighted by Crippen LogP contribution is -2.41. The van der Waals surface area contributed by atoms with E-state index < -0.39 is 21.9 Å². The van der Waals surface area contributed by atoms with Crippen molar-refractivity contribution in [3.05, 3.63) is 89.0 Å². The van der Waals surface area contributed by atoms with Crippen molar-refractivity contribution in [1.29, 1.82) is 5.41 Å². The quantitative estimate of drug-likeness (QED) is 0.0700. The van der Waals surface area contributed by atoms with E-state index in [1.807, 2.05) is 27.7 Å². The van der Waals surface area contributed by atoms with Crippen LogP contribution in [0.15, 0.2) is 66.7 Å². The van der Waals surface area contributed by atoms with Crippen LogP contribution < -0.4 is 21.8 Å². The molecule has 0 aliphatic rings. The van der Waals surface area contributed by atoms with E-state index in [0.29, 0.717) is 28.6 Å². The maximum Gasteiger partial charge on any atom is 0.275 e. The normalized spacial score (nSPS) is 11.8. The van der Waals surface area contributed by atoms with Crippen LogP contribution in [0.1, 0.15) is 64.3 Å². The van der Waals surface area contributed by atoms with Crippen LogP contribution in [0.25, 0.3) is 11.1 Å². The van der Waals surface area contributed by atoms with Crippen LogP contribution in [0.2, 0.25) is 0 Å². The van der Waals surface area contributed by atoms with E-state index in [1.165, 1.54) is 6.07 Å². The van der Waals surface area contributed by atoms with Gasteiger partial charge in [-0.05, 0) is 65.9 Å². The number of nitrogens with one attached hydrogen (secondary N) is 4. The third-order valence-corrected chi connectivity index (χ3v) is 6.19. The molecule has 0 radical (unpaired) electrons. The van der Waals surface area contributed by atoms with Gasteiger partial charge in [0, 0.05) is 28.4 Å². The van der Waals surface area contributed by atoms with E-state index >= 15 is 0 Å². The fourth-order valence-electron chi connectivity index (χ4n) is 3.51. The molecule has 0 unspecified atom stereocenters. The van der Waals surface area contributed by atoms with E-state index in [9.17, 15) is 28.0 Å². The predicted molar refractivity (Wildman–Crippen MR) is 160 cm³/mol. The highest BCUT2D eigenvalue weighted by Gasteiger charge is 2.24. The standard InChI is InChI=1S/C28H31N5O4.CH4O3S/c1-16(28(2,3)4)31-25(34)18-11-14-21(23(15-18)27(36)33-37)20-7-5-6-8-22(20)26(35)32-19-12-9-17(10-13-19)24(29)30;1-5(2,3)4/h5-16,37H,1-4H3,(H3,29,30)(H,31,34)(H,32,35)(H,33,36);1H3,(H,2,3,4)/t16-;/m1./s1. The van der Waals surface area contributed by atoms with Crippen molar-refractivity contribution in [3.63, 3.8) is 0 Å². The molecule has 0 aliphatic heterocycles. The van der Waals surface area contributed by atoms with Gasteiger partial charge in [-0.15, -0.1) is 0 Å². The average molecular weight is 598 g/mol. The number of nitrogen functional groups attached to an aromatic ring is 1. The Hall–Kier alpha value is -4.59. The van der Waals surface area contributed by atoms with Crippen molar-refractivity contribution in [2.45, 2.75) is 33.7 Å². The molecule has 3 amide bonds. The fraction of sp³-hybridized carbons (Fsp3) is 0.241. The third kappa shape index (κ3) is 9.80. The summed E-state index contributed by atoms with van der Waals surface area (Å²) in [6, 6.07) is 17.6. The molecule has 13 heteroatoms. The summed E-state index contributed by atoms with van der Waals surface area (Å²) in [5.74, 6) is -1.69. The summed E-state index contributed by atoms with van der Waals surface area (Å²) in [4.78, 5) is 38.6. The minimum Gasteiger partial charge on any atom is -0.384 e. The van der Waals surface area contributed by atoms with Gasteiger partial charge >= 0.3 is 0 Å². The fourth-order valence-corrected chi connectivity index (χ4v) is 3.51. The number of nitrogens with two attached hydrogens (primary N) is 1. The molecule has 0 spiro atoms. The number of rotatable bonds is 7. The van der Waals surface area contributed by atoms with Crippen molar-refractivity contribution < 1.29 is 32.6 Å². The van der Waals surface area contributed by atoms with Gasteiger partial charge in [-0.25, -0.2) is 5.48 Å². The first-order chi connectivity index (χ1) is 19.4. The lowest BCUT2D eigenvalue weighted by atomic mass is 9.87. The Morgan fingerprint density at radius 2 is 1.38 bits per heavy atom. The van der Waals surface area contributed by atoms with Gasteiger partial charge in [-0.1, -0.05) is 45.0 Å². The van der Waals surface area contributed by atoms with E-state index in [4.69, 9.17) is 15.7 Å². The smallest absolute Gasteiger partial charge is 0.275 e. The first-order valence-corrected chi connectivity index (χ1v) is 14.4. The molecule has 3 rings (SSSR count). The van der Waals surface area contributed by atoms with Crippen LogP contribution >= 0.6 is 0 Å². The molecule has 0 fully saturated rings. The number of benzene rings is 3. The van der Waals surface area contributed by atoms with Gasteiger partial charge in [0.2, 0.25) is 0 Å². The average Bonchev–Trinajstić information content (AvgIpc) is 2.91. The minimum absolute atomic E-state index is 0.0321. The molecule has 224 valence electrons. The van der Waals surface area contributed by atoms with Gasteiger partial charge in [0.25, 0.3) is 27.8 Å². The summed E-state index contributed by atoms with van der Waals surface area (Å²) in [5, 5.41) is 22.6. The van der Waals surface area contributed by atoms with Crippen LogP contribution in [0.4, 0.5) is 5.69 Å². The molecular formula is C29H35N5O7S. The van der Waals surface area contributed by atoms with Gasteiger partial charge in [0.15, 0.2) is 0 Å². The lowest BCUT2D eigenvalue weighted by Gasteiger charge is -2.28. The summed E-state index contributed by atoms with van der Waals surface area (Å²) in [6.45, 7) is 7.91. The zero-order valence-electron chi connectivity index (χ0n) is 23.8. The highest BCUT2D eigenvalue weighted by atomic mass is 32.2. The van der Waals surface area contributed by atoms with Crippen molar-refractivity contribution in [3.8, 4) is 11.1 Å². The number of anilines is 1. The number of hydroxylamine groups is 1. The molecule has 1 atom stereocenters. The summed E-state index contributed by atoms with van der Waals surface area (Å²) < 4.78 is 25.9. The lowest BCUT2D eigenvalue weighted by molar-refractivity contribution is 0.0707. The number of hydrogen-bond acceptors (Lipinski definition) is 7. The van der Waals surface area contributed by atoms with Gasteiger partial charge in [-0.3, -0.25) is 29.6 Å². The van der Waals surface area contributed by atoms with Crippen molar-refractivity contribution in [1.82, 2.24) is 10.8 Å². The van der Waals surface area contributed by atoms with Crippen molar-refractivity contribution in [2.75, 3.05) is 11.6 Å². The molecule has 0 saturated heterocycles. The molecule has 8 N–H and O–H groups in total. The largest absolute Gasteiger partial charge is 0.384 e. The predicted octanol–water partition coefficient (Wildman–Crippen LogP) is 3.68. The monoisotopic (exact) mass is 597 g/mol. The molecule has 0 saturated carbocycles. The van der Waals surface area contributed by atoms with E-state index in [2.05, 4.69) is 10.6 Å². The molecule has 42 heavy (non-hydrogen) atoms. The van der Waals surface area contributed by atoms with Crippen LogP contribution in [0, 0.1) is 10.8 Å². The van der Waals surface area contributed by atoms with Crippen LogP contribution in [0.5, 0.6) is 0 Å². The Morgan fingerprint density at radius 3 is 1.90 bits per heavy atom. The number of amides is 3. The molecular weight excluding hydrogens is 562 g/mol. The van der Waals surface area contributed by atoms with Gasteiger partial charge in [0.1, 0.15) is 5.84 Å². The van der Waals surface area contributed by atoms with Gasteiger partial charge in [-0.2, -0.15) is 8.42 Å². The number of carbonyl (C=O) groups is 3. The molecule has 3 aromatic carbocycles. The second kappa shape index (κ2) is 13.9. The first kappa shape index (κ1) is 33.6. The summed E-state index contributed by atoms with van der Waals surface area (Å²) in [5.41, 5.74) is 9.33. The summed E-state index contributed by atoms with van der Waals surface area (Å²) in [6.07, 6.45) is 0.715. The zero-order valence-corrected chi connectivity index (χ0v) is 24.7. The van der Waals surface area contributed by atoms with E-state index in [-0.39, 0.29) is 39.9 Å². The molecule has 0 aromatic heterocycles. The first-order valence-electron chi connectivity index (χ1n) is 12.6. The molecule has 0 aliphatic carbocycles. The third-order valence-electron chi connectivity index (χ3n) is 6.19. The zero-order chi connectivity index (χ0) is 31.8. The number of carbonyl (C=O) groups excluding carboxylic acids is 3. The number of amidine groups is 1. The van der Waals surface area contributed by atoms with E-state index in [0.717, 1.165) is 0 Å². The van der Waals surface area contributed by atoms with Crippen molar-refractivity contribution >= 4 is 39.4 Å². The Labute approximate surface area is 244 Å². The van der Waals surface area contributed by atoms with Gasteiger partial charge in [0.05, 0.1) is 11.8 Å². The molecule has 0 bridgehead atoms. The number of hydrogen-bond donors (Lipinski definition) is 7. The minimum atomic E-state index is -3.67. The van der Waals surface area contributed by atoms with Crippen LogP contribution in [0.3, 0.4) is 0 Å². The SMILES string of the molecule is CS(=O)(=O)O.C[C@@H](NC(=O)c1ccc(-c2ccccc2C(=O)Nc2ccc(C(=N)N)cc2)c(C(=O)NO)c1)C(C)(C)C. The molecule has 12 nitrogen and oxygen atoms in total. The van der Waals surface area contributed by atoms with Crippen LogP contribution in [-0.4, -0.2) is 54.0 Å². The van der Waals surface area contributed by atoms with Gasteiger partial charge < -0.3 is 16.4 Å².